The summed E-state index contributed by atoms with van der Waals surface area (Å²) >= 11 is 12.5. The summed E-state index contributed by atoms with van der Waals surface area (Å²) in [5.74, 6) is 1.40. The standard InChI is InChI=1S/C25H23Cl2N3/c1-15(2)16-7-9-17(10-8-16)24-14-22(18-11-12-19(26)20(27)13-18)29-25-28-21-5-3-4-6-23(21)30(24)25/h3-13,15,22,24H,14H2,1-2H3,(H,28,29)/t22-,24-/m0/s1. The monoisotopic (exact) mass is 435 g/mol. The molecule has 5 heteroatoms. The summed E-state index contributed by atoms with van der Waals surface area (Å²) in [6.45, 7) is 4.45. The Morgan fingerprint density at radius 3 is 2.40 bits per heavy atom. The fourth-order valence-corrected chi connectivity index (χ4v) is 4.65. The van der Waals surface area contributed by atoms with Crippen molar-refractivity contribution >= 4 is 40.2 Å². The van der Waals surface area contributed by atoms with Gasteiger partial charge in [-0.25, -0.2) is 4.98 Å². The van der Waals surface area contributed by atoms with Crippen LogP contribution in [0.25, 0.3) is 11.0 Å². The molecule has 2 heterocycles. The molecule has 0 bridgehead atoms. The van der Waals surface area contributed by atoms with E-state index in [0.717, 1.165) is 29.0 Å². The summed E-state index contributed by atoms with van der Waals surface area (Å²) in [7, 11) is 0. The van der Waals surface area contributed by atoms with E-state index in [0.29, 0.717) is 16.0 Å². The van der Waals surface area contributed by atoms with Gasteiger partial charge < -0.3 is 9.88 Å². The Morgan fingerprint density at radius 2 is 1.67 bits per heavy atom. The average molecular weight is 436 g/mol. The van der Waals surface area contributed by atoms with Crippen LogP contribution in [-0.4, -0.2) is 9.55 Å². The Hall–Kier alpha value is -2.49. The van der Waals surface area contributed by atoms with E-state index in [4.69, 9.17) is 28.2 Å². The highest BCUT2D eigenvalue weighted by Gasteiger charge is 2.31. The molecule has 152 valence electrons. The third-order valence-corrected chi connectivity index (χ3v) is 6.74. The van der Waals surface area contributed by atoms with Crippen molar-refractivity contribution in [2.75, 3.05) is 5.32 Å². The molecule has 4 aromatic rings. The lowest BCUT2D eigenvalue weighted by atomic mass is 9.91. The molecule has 0 saturated heterocycles. The first kappa shape index (κ1) is 19.5. The van der Waals surface area contributed by atoms with Gasteiger partial charge in [0.15, 0.2) is 0 Å². The third-order valence-electron chi connectivity index (χ3n) is 6.00. The van der Waals surface area contributed by atoms with Crippen molar-refractivity contribution in [3.63, 3.8) is 0 Å². The molecule has 3 aromatic carbocycles. The van der Waals surface area contributed by atoms with Gasteiger partial charge in [-0.1, -0.05) is 79.5 Å². The van der Waals surface area contributed by atoms with Crippen molar-refractivity contribution in [3.8, 4) is 0 Å². The molecule has 0 radical (unpaired) electrons. The molecule has 2 atom stereocenters. The SMILES string of the molecule is CC(C)c1ccc([C@@H]2C[C@@H](c3ccc(Cl)c(Cl)c3)Nc3nc4ccccc4n32)cc1. The Morgan fingerprint density at radius 1 is 0.933 bits per heavy atom. The maximum atomic E-state index is 6.32. The van der Waals surface area contributed by atoms with E-state index in [1.165, 1.54) is 11.1 Å². The second kappa shape index (κ2) is 7.64. The fourth-order valence-electron chi connectivity index (χ4n) is 4.34. The number of aromatic nitrogens is 2. The van der Waals surface area contributed by atoms with E-state index in [2.05, 4.69) is 66.2 Å². The van der Waals surface area contributed by atoms with Gasteiger partial charge in [-0.05, 0) is 53.3 Å². The van der Waals surface area contributed by atoms with E-state index in [1.807, 2.05) is 24.3 Å². The molecule has 0 aliphatic carbocycles. The minimum Gasteiger partial charge on any atom is -0.349 e. The van der Waals surface area contributed by atoms with E-state index >= 15 is 0 Å². The van der Waals surface area contributed by atoms with Crippen LogP contribution in [0.3, 0.4) is 0 Å². The van der Waals surface area contributed by atoms with Gasteiger partial charge in [-0.2, -0.15) is 0 Å². The predicted molar refractivity (Wildman–Crippen MR) is 126 cm³/mol. The van der Waals surface area contributed by atoms with Crippen LogP contribution in [0.4, 0.5) is 5.95 Å². The van der Waals surface area contributed by atoms with Gasteiger partial charge in [0.05, 0.1) is 33.2 Å². The van der Waals surface area contributed by atoms with Crippen LogP contribution in [0.1, 0.15) is 55.0 Å². The molecule has 1 aliphatic heterocycles. The van der Waals surface area contributed by atoms with Crippen molar-refractivity contribution in [1.29, 1.82) is 0 Å². The normalized spacial score (nSPS) is 18.4. The van der Waals surface area contributed by atoms with E-state index < -0.39 is 0 Å². The van der Waals surface area contributed by atoms with Gasteiger partial charge in [0.1, 0.15) is 0 Å². The van der Waals surface area contributed by atoms with Gasteiger partial charge in [-0.3, -0.25) is 0 Å². The first-order valence-corrected chi connectivity index (χ1v) is 11.0. The van der Waals surface area contributed by atoms with E-state index in [-0.39, 0.29) is 12.1 Å². The third kappa shape index (κ3) is 3.36. The molecule has 5 rings (SSSR count). The number of halogens is 2. The van der Waals surface area contributed by atoms with Crippen LogP contribution in [-0.2, 0) is 0 Å². The fraction of sp³-hybridized carbons (Fsp3) is 0.240. The molecular formula is C25H23Cl2N3. The summed E-state index contributed by atoms with van der Waals surface area (Å²) in [5.41, 5.74) is 5.90. The Bertz CT molecular complexity index is 1210. The lowest BCUT2D eigenvalue weighted by Crippen LogP contribution is -2.27. The zero-order chi connectivity index (χ0) is 20.8. The number of para-hydroxylation sites is 2. The van der Waals surface area contributed by atoms with Crippen LogP contribution in [0.15, 0.2) is 66.7 Å². The number of nitrogens with one attached hydrogen (secondary N) is 1. The summed E-state index contributed by atoms with van der Waals surface area (Å²) in [5, 5.41) is 4.78. The topological polar surface area (TPSA) is 29.9 Å². The smallest absolute Gasteiger partial charge is 0.204 e. The van der Waals surface area contributed by atoms with Gasteiger partial charge in [0.2, 0.25) is 5.95 Å². The molecule has 0 unspecified atom stereocenters. The quantitative estimate of drug-likeness (QED) is 0.358. The Labute approximate surface area is 186 Å². The van der Waals surface area contributed by atoms with Crippen molar-refractivity contribution < 1.29 is 0 Å². The van der Waals surface area contributed by atoms with Gasteiger partial charge >= 0.3 is 0 Å². The highest BCUT2D eigenvalue weighted by atomic mass is 35.5. The maximum absolute atomic E-state index is 6.32. The van der Waals surface area contributed by atoms with E-state index in [9.17, 15) is 0 Å². The van der Waals surface area contributed by atoms with Crippen molar-refractivity contribution in [2.45, 2.75) is 38.3 Å². The van der Waals surface area contributed by atoms with Gasteiger partial charge in [-0.15, -0.1) is 0 Å². The Kier molecular flexibility index (Phi) is 4.96. The number of rotatable bonds is 3. The molecule has 1 aromatic heterocycles. The molecule has 0 amide bonds. The summed E-state index contributed by atoms with van der Waals surface area (Å²) in [4.78, 5) is 4.88. The minimum atomic E-state index is 0.0962. The highest BCUT2D eigenvalue weighted by molar-refractivity contribution is 6.42. The van der Waals surface area contributed by atoms with Crippen LogP contribution >= 0.6 is 23.2 Å². The second-order valence-corrected chi connectivity index (χ2v) is 9.05. The average Bonchev–Trinajstić information content (AvgIpc) is 3.13. The predicted octanol–water partition coefficient (Wildman–Crippen LogP) is 7.61. The van der Waals surface area contributed by atoms with Crippen LogP contribution < -0.4 is 5.32 Å². The number of hydrogen-bond donors (Lipinski definition) is 1. The van der Waals surface area contributed by atoms with Crippen molar-refractivity contribution in [2.24, 2.45) is 0 Å². The van der Waals surface area contributed by atoms with Crippen LogP contribution in [0.5, 0.6) is 0 Å². The molecule has 0 saturated carbocycles. The molecule has 0 fully saturated rings. The number of anilines is 1. The van der Waals surface area contributed by atoms with Crippen LogP contribution in [0, 0.1) is 0 Å². The second-order valence-electron chi connectivity index (χ2n) is 8.24. The highest BCUT2D eigenvalue weighted by Crippen LogP contribution is 2.42. The molecule has 3 nitrogen and oxygen atoms in total. The zero-order valence-corrected chi connectivity index (χ0v) is 18.5. The molecule has 0 spiro atoms. The maximum Gasteiger partial charge on any atom is 0.204 e. The van der Waals surface area contributed by atoms with E-state index in [1.54, 1.807) is 0 Å². The Balaban J connectivity index is 1.62. The lowest BCUT2D eigenvalue weighted by molar-refractivity contribution is 0.477. The molecular weight excluding hydrogens is 413 g/mol. The zero-order valence-electron chi connectivity index (χ0n) is 16.9. The lowest BCUT2D eigenvalue weighted by Gasteiger charge is -2.34. The first-order valence-electron chi connectivity index (χ1n) is 10.3. The first-order chi connectivity index (χ1) is 14.5. The minimum absolute atomic E-state index is 0.0962. The van der Waals surface area contributed by atoms with Crippen molar-refractivity contribution in [3.05, 3.63) is 93.5 Å². The van der Waals surface area contributed by atoms with Gasteiger partial charge in [0.25, 0.3) is 0 Å². The molecule has 30 heavy (non-hydrogen) atoms. The summed E-state index contributed by atoms with van der Waals surface area (Å²) in [6, 6.07) is 23.5. The van der Waals surface area contributed by atoms with Crippen LogP contribution in [0.2, 0.25) is 10.0 Å². The van der Waals surface area contributed by atoms with Crippen molar-refractivity contribution in [1.82, 2.24) is 9.55 Å². The number of fused-ring (bicyclic) bond motifs is 3. The number of imidazole rings is 1. The molecule has 1 N–H and O–H groups in total. The summed E-state index contributed by atoms with van der Waals surface area (Å²) < 4.78 is 2.33. The largest absolute Gasteiger partial charge is 0.349 e. The number of benzene rings is 3. The molecule has 1 aliphatic rings. The summed E-state index contributed by atoms with van der Waals surface area (Å²) in [6.07, 6.45) is 0.895. The van der Waals surface area contributed by atoms with Gasteiger partial charge in [0, 0.05) is 0 Å². The number of hydrogen-bond acceptors (Lipinski definition) is 2. The number of nitrogens with zero attached hydrogens (tertiary/aromatic N) is 2.